The Morgan fingerprint density at radius 2 is 1.95 bits per heavy atom. The van der Waals surface area contributed by atoms with Crippen molar-refractivity contribution in [1.82, 2.24) is 4.98 Å². The summed E-state index contributed by atoms with van der Waals surface area (Å²) in [7, 11) is 0. The van der Waals surface area contributed by atoms with Gasteiger partial charge in [0.25, 0.3) is 0 Å². The number of hydrogen-bond donors (Lipinski definition) is 2. The van der Waals surface area contributed by atoms with Gasteiger partial charge in [0.05, 0.1) is 16.8 Å². The number of anilines is 1. The number of nitrogens with one attached hydrogen (secondary N) is 1. The standard InChI is InChI=1S/C31H31ClN2O3S/c32-23-7-3-8-24(20-23)34-31(29(35)36)14-12-30(13-15-31)22(19-21-5-1-2-9-25(21)30)6-4-17-37-27-10-16-33-26-11-18-38-28(26)27/h1-3,5,7-11,16,18,20,22,34H,4,6,12-15,17,19H2,(H,35,36)/t22-,30?,31?/m1/s1. The first kappa shape index (κ1) is 25.2. The molecule has 2 aliphatic carbocycles. The number of carboxylic acid groups (broad SMARTS) is 1. The highest BCUT2D eigenvalue weighted by molar-refractivity contribution is 7.17. The number of ether oxygens (including phenoxy) is 1. The average molecular weight is 547 g/mol. The number of carboxylic acids is 1. The third-order valence-corrected chi connectivity index (χ3v) is 9.83. The van der Waals surface area contributed by atoms with Crippen LogP contribution in [0, 0.1) is 5.92 Å². The van der Waals surface area contributed by atoms with Crippen LogP contribution in [0.5, 0.6) is 5.75 Å². The number of thiophene rings is 1. The summed E-state index contributed by atoms with van der Waals surface area (Å²) in [5.41, 5.74) is 3.58. The lowest BCUT2D eigenvalue weighted by Gasteiger charge is -2.47. The highest BCUT2D eigenvalue weighted by Crippen LogP contribution is 2.55. The molecule has 5 nitrogen and oxygen atoms in total. The predicted molar refractivity (Wildman–Crippen MR) is 154 cm³/mol. The lowest BCUT2D eigenvalue weighted by molar-refractivity contribution is -0.144. The molecule has 0 unspecified atom stereocenters. The first-order valence-electron chi connectivity index (χ1n) is 13.3. The van der Waals surface area contributed by atoms with Crippen LogP contribution in [0.3, 0.4) is 0 Å². The molecule has 1 saturated carbocycles. The van der Waals surface area contributed by atoms with E-state index in [1.165, 1.54) is 11.1 Å². The van der Waals surface area contributed by atoms with E-state index in [1.54, 1.807) is 29.7 Å². The van der Waals surface area contributed by atoms with Crippen molar-refractivity contribution in [2.45, 2.75) is 55.9 Å². The molecule has 4 aromatic rings. The Morgan fingerprint density at radius 3 is 2.76 bits per heavy atom. The largest absolute Gasteiger partial charge is 0.492 e. The molecule has 0 bridgehead atoms. The van der Waals surface area contributed by atoms with Crippen LogP contribution in [0.1, 0.15) is 49.7 Å². The monoisotopic (exact) mass is 546 g/mol. The maximum atomic E-state index is 12.6. The van der Waals surface area contributed by atoms with Crippen molar-refractivity contribution < 1.29 is 14.6 Å². The van der Waals surface area contributed by atoms with E-state index in [9.17, 15) is 9.90 Å². The zero-order valence-corrected chi connectivity index (χ0v) is 22.7. The van der Waals surface area contributed by atoms with E-state index < -0.39 is 11.5 Å². The maximum Gasteiger partial charge on any atom is 0.329 e. The predicted octanol–water partition coefficient (Wildman–Crippen LogP) is 7.73. The molecule has 2 aliphatic rings. The van der Waals surface area contributed by atoms with Crippen molar-refractivity contribution in [2.75, 3.05) is 11.9 Å². The number of hydrogen-bond acceptors (Lipinski definition) is 5. The number of carbonyl (C=O) groups is 1. The Labute approximate surface area is 231 Å². The van der Waals surface area contributed by atoms with Crippen LogP contribution in [0.25, 0.3) is 10.2 Å². The van der Waals surface area contributed by atoms with Crippen LogP contribution in [-0.4, -0.2) is 28.2 Å². The third kappa shape index (κ3) is 4.54. The smallest absolute Gasteiger partial charge is 0.329 e. The Hall–Kier alpha value is -3.09. The van der Waals surface area contributed by atoms with Crippen LogP contribution in [0.15, 0.2) is 72.2 Å². The van der Waals surface area contributed by atoms with Crippen LogP contribution < -0.4 is 10.1 Å². The van der Waals surface area contributed by atoms with Gasteiger partial charge in [-0.05, 0) is 103 Å². The first-order chi connectivity index (χ1) is 18.5. The molecular formula is C31H31ClN2O3S. The van der Waals surface area contributed by atoms with Crippen LogP contribution in [0.2, 0.25) is 5.02 Å². The lowest BCUT2D eigenvalue weighted by Crippen LogP contribution is -2.53. The number of aliphatic carboxylic acids is 1. The summed E-state index contributed by atoms with van der Waals surface area (Å²) in [6.45, 7) is 0.662. The molecule has 0 aliphatic heterocycles. The summed E-state index contributed by atoms with van der Waals surface area (Å²) in [5.74, 6) is 0.590. The summed E-state index contributed by atoms with van der Waals surface area (Å²) in [6.07, 6.45) is 7.69. The highest BCUT2D eigenvalue weighted by atomic mass is 35.5. The molecule has 2 aromatic carbocycles. The number of halogens is 1. The van der Waals surface area contributed by atoms with Gasteiger partial charge in [-0.2, -0.15) is 0 Å². The number of fused-ring (bicyclic) bond motifs is 3. The Balaban J connectivity index is 1.18. The summed E-state index contributed by atoms with van der Waals surface area (Å²) < 4.78 is 7.30. The second-order valence-electron chi connectivity index (χ2n) is 10.7. The minimum absolute atomic E-state index is 0.00322. The van der Waals surface area contributed by atoms with Crippen molar-refractivity contribution in [1.29, 1.82) is 0 Å². The SMILES string of the molecule is O=C(O)C1(Nc2cccc(Cl)c2)CCC2(CC1)c1ccccc1C[C@H]2CCCOc1ccnc2ccsc12. The van der Waals surface area contributed by atoms with E-state index in [-0.39, 0.29) is 5.41 Å². The normalized spacial score (nSPS) is 24.4. The van der Waals surface area contributed by atoms with Crippen molar-refractivity contribution in [3.63, 3.8) is 0 Å². The van der Waals surface area contributed by atoms with Crippen molar-refractivity contribution in [2.24, 2.45) is 5.92 Å². The first-order valence-corrected chi connectivity index (χ1v) is 14.6. The van der Waals surface area contributed by atoms with Gasteiger partial charge in [-0.15, -0.1) is 11.3 Å². The second-order valence-corrected chi connectivity index (χ2v) is 12.0. The molecule has 6 rings (SSSR count). The fourth-order valence-corrected chi connectivity index (χ4v) is 7.76. The molecule has 2 aromatic heterocycles. The van der Waals surface area contributed by atoms with E-state index in [2.05, 4.69) is 34.6 Å². The van der Waals surface area contributed by atoms with E-state index in [0.717, 1.165) is 53.8 Å². The molecule has 0 saturated heterocycles. The fourth-order valence-electron chi connectivity index (χ4n) is 6.75. The van der Waals surface area contributed by atoms with Crippen molar-refractivity contribution in [3.05, 3.63) is 88.4 Å². The molecule has 2 heterocycles. The third-order valence-electron chi connectivity index (χ3n) is 8.68. The van der Waals surface area contributed by atoms with Crippen LogP contribution in [-0.2, 0) is 16.6 Å². The number of pyridine rings is 1. The Bertz CT molecular complexity index is 1460. The molecule has 0 amide bonds. The molecule has 0 radical (unpaired) electrons. The minimum Gasteiger partial charge on any atom is -0.492 e. The molecule has 196 valence electrons. The van der Waals surface area contributed by atoms with Crippen molar-refractivity contribution >= 4 is 44.8 Å². The number of nitrogens with zero attached hydrogens (tertiary/aromatic N) is 1. The van der Waals surface area contributed by atoms with Gasteiger partial charge < -0.3 is 15.2 Å². The van der Waals surface area contributed by atoms with Crippen LogP contribution >= 0.6 is 22.9 Å². The Morgan fingerprint density at radius 1 is 1.11 bits per heavy atom. The fraction of sp³-hybridized carbons (Fsp3) is 0.355. The van der Waals surface area contributed by atoms with Gasteiger partial charge >= 0.3 is 5.97 Å². The number of aromatic nitrogens is 1. The molecule has 38 heavy (non-hydrogen) atoms. The molecule has 7 heteroatoms. The number of rotatable bonds is 8. The summed E-state index contributed by atoms with van der Waals surface area (Å²) in [6, 6.07) is 20.1. The van der Waals surface area contributed by atoms with Gasteiger partial charge in [0, 0.05) is 16.9 Å². The van der Waals surface area contributed by atoms with E-state index >= 15 is 0 Å². The molecule has 1 atom stereocenters. The van der Waals surface area contributed by atoms with Crippen LogP contribution in [0.4, 0.5) is 5.69 Å². The Kier molecular flexibility index (Phi) is 6.79. The molecule has 2 N–H and O–H groups in total. The molecule has 1 spiro atoms. The second kappa shape index (κ2) is 10.2. The molecule has 1 fully saturated rings. The van der Waals surface area contributed by atoms with Gasteiger partial charge in [0.2, 0.25) is 0 Å². The lowest BCUT2D eigenvalue weighted by atomic mass is 9.60. The van der Waals surface area contributed by atoms with E-state index in [0.29, 0.717) is 30.4 Å². The highest BCUT2D eigenvalue weighted by Gasteiger charge is 2.53. The topological polar surface area (TPSA) is 71.5 Å². The zero-order chi connectivity index (χ0) is 26.2. The average Bonchev–Trinajstić information content (AvgIpc) is 3.52. The van der Waals surface area contributed by atoms with Gasteiger partial charge in [0.1, 0.15) is 11.3 Å². The minimum atomic E-state index is -0.992. The van der Waals surface area contributed by atoms with Gasteiger partial charge in [0.15, 0.2) is 0 Å². The van der Waals surface area contributed by atoms with Crippen molar-refractivity contribution in [3.8, 4) is 5.75 Å². The van der Waals surface area contributed by atoms with Gasteiger partial charge in [-0.3, -0.25) is 4.98 Å². The zero-order valence-electron chi connectivity index (χ0n) is 21.2. The maximum absolute atomic E-state index is 12.6. The van der Waals surface area contributed by atoms with Gasteiger partial charge in [-0.1, -0.05) is 41.9 Å². The van der Waals surface area contributed by atoms with E-state index in [1.807, 2.05) is 29.6 Å². The summed E-state index contributed by atoms with van der Waals surface area (Å²) in [4.78, 5) is 17.0. The van der Waals surface area contributed by atoms with E-state index in [4.69, 9.17) is 16.3 Å². The molecular weight excluding hydrogens is 516 g/mol. The quantitative estimate of drug-likeness (QED) is 0.221. The summed E-state index contributed by atoms with van der Waals surface area (Å²) >= 11 is 7.84. The number of benzene rings is 2. The summed E-state index contributed by atoms with van der Waals surface area (Å²) in [5, 5.41) is 16.3. The van der Waals surface area contributed by atoms with Gasteiger partial charge in [-0.25, -0.2) is 4.79 Å².